The summed E-state index contributed by atoms with van der Waals surface area (Å²) in [6.07, 6.45) is 0.683. The maximum absolute atomic E-state index is 12.9. The zero-order chi connectivity index (χ0) is 17.6. The fraction of sp³-hybridized carbons (Fsp3) is 0.278. The van der Waals surface area contributed by atoms with Crippen LogP contribution in [0.3, 0.4) is 0 Å². The molecule has 0 saturated carbocycles. The standard InChI is InChI=1S/C18H21F3N2/c1-6-22-17(23-12(2)3)13(4)10-11-15-8-7-9-16(14(15)5)18(19,20)21/h6-11,23H,2H2,1,3-5H3/b11-10+,17-13+,22-6?. The maximum Gasteiger partial charge on any atom is 0.416 e. The number of aliphatic imine (C=N–C) groups is 1. The summed E-state index contributed by atoms with van der Waals surface area (Å²) in [5.41, 5.74) is 1.64. The maximum atomic E-state index is 12.9. The molecule has 0 bridgehead atoms. The van der Waals surface area contributed by atoms with Crippen LogP contribution in [0.4, 0.5) is 13.2 Å². The second-order valence-corrected chi connectivity index (χ2v) is 5.18. The molecule has 0 aliphatic carbocycles. The molecule has 2 nitrogen and oxygen atoms in total. The van der Waals surface area contributed by atoms with Crippen LogP contribution in [-0.2, 0) is 6.18 Å². The van der Waals surface area contributed by atoms with Crippen LogP contribution in [0.2, 0.25) is 0 Å². The van der Waals surface area contributed by atoms with E-state index < -0.39 is 11.7 Å². The Hall–Kier alpha value is -2.30. The minimum atomic E-state index is -4.35. The summed E-state index contributed by atoms with van der Waals surface area (Å²) in [6.45, 7) is 10.7. The Bertz CT molecular complexity index is 665. The zero-order valence-corrected chi connectivity index (χ0v) is 13.8. The fourth-order valence-electron chi connectivity index (χ4n) is 2.00. The van der Waals surface area contributed by atoms with Crippen LogP contribution in [0.5, 0.6) is 0 Å². The summed E-state index contributed by atoms with van der Waals surface area (Å²) in [7, 11) is 0. The number of benzene rings is 1. The molecule has 0 radical (unpaired) electrons. The summed E-state index contributed by atoms with van der Waals surface area (Å²) in [4.78, 5) is 4.21. The van der Waals surface area contributed by atoms with E-state index in [4.69, 9.17) is 0 Å². The third-order valence-corrected chi connectivity index (χ3v) is 3.16. The molecular formula is C18H21F3N2. The van der Waals surface area contributed by atoms with Crippen molar-refractivity contribution >= 4 is 12.3 Å². The molecule has 0 aliphatic heterocycles. The van der Waals surface area contributed by atoms with E-state index in [0.29, 0.717) is 11.4 Å². The molecular weight excluding hydrogens is 301 g/mol. The average Bonchev–Trinajstić information content (AvgIpc) is 2.43. The van der Waals surface area contributed by atoms with Crippen molar-refractivity contribution in [2.75, 3.05) is 0 Å². The van der Waals surface area contributed by atoms with Gasteiger partial charge in [-0.3, -0.25) is 0 Å². The van der Waals surface area contributed by atoms with Gasteiger partial charge in [-0.05, 0) is 50.5 Å². The van der Waals surface area contributed by atoms with Crippen LogP contribution in [0.1, 0.15) is 37.5 Å². The molecule has 1 aromatic rings. The monoisotopic (exact) mass is 322 g/mol. The molecule has 0 heterocycles. The van der Waals surface area contributed by atoms with Crippen molar-refractivity contribution in [2.45, 2.75) is 33.9 Å². The van der Waals surface area contributed by atoms with Crippen molar-refractivity contribution in [2.24, 2.45) is 4.99 Å². The number of alkyl halides is 3. The molecule has 1 aromatic carbocycles. The van der Waals surface area contributed by atoms with Gasteiger partial charge >= 0.3 is 6.18 Å². The average molecular weight is 322 g/mol. The molecule has 0 fully saturated rings. The van der Waals surface area contributed by atoms with Crippen LogP contribution < -0.4 is 5.32 Å². The van der Waals surface area contributed by atoms with Gasteiger partial charge in [0.25, 0.3) is 0 Å². The van der Waals surface area contributed by atoms with E-state index >= 15 is 0 Å². The molecule has 0 aliphatic rings. The summed E-state index contributed by atoms with van der Waals surface area (Å²) < 4.78 is 38.8. The van der Waals surface area contributed by atoms with Gasteiger partial charge in [0.05, 0.1) is 5.56 Å². The van der Waals surface area contributed by atoms with E-state index in [1.165, 1.54) is 13.0 Å². The van der Waals surface area contributed by atoms with Crippen LogP contribution in [0.25, 0.3) is 6.08 Å². The number of nitrogens with one attached hydrogen (secondary N) is 1. The third-order valence-electron chi connectivity index (χ3n) is 3.16. The van der Waals surface area contributed by atoms with Crippen molar-refractivity contribution in [3.05, 3.63) is 64.6 Å². The normalized spacial score (nSPS) is 13.5. The van der Waals surface area contributed by atoms with E-state index in [1.807, 2.05) is 6.92 Å². The van der Waals surface area contributed by atoms with Gasteiger partial charge in [0.15, 0.2) is 0 Å². The first-order valence-corrected chi connectivity index (χ1v) is 7.13. The predicted octanol–water partition coefficient (Wildman–Crippen LogP) is 5.47. The molecule has 1 N–H and O–H groups in total. The van der Waals surface area contributed by atoms with Gasteiger partial charge in [0, 0.05) is 11.9 Å². The van der Waals surface area contributed by atoms with Crippen molar-refractivity contribution in [3.8, 4) is 0 Å². The Morgan fingerprint density at radius 2 is 1.91 bits per heavy atom. The minimum absolute atomic E-state index is 0.206. The number of hydrogen-bond donors (Lipinski definition) is 1. The van der Waals surface area contributed by atoms with E-state index in [-0.39, 0.29) is 5.56 Å². The number of allylic oxidation sites excluding steroid dienone is 3. The Morgan fingerprint density at radius 1 is 1.26 bits per heavy atom. The van der Waals surface area contributed by atoms with Gasteiger partial charge < -0.3 is 5.32 Å². The third kappa shape index (κ3) is 5.43. The quantitative estimate of drug-likeness (QED) is 0.564. The van der Waals surface area contributed by atoms with E-state index in [2.05, 4.69) is 16.9 Å². The van der Waals surface area contributed by atoms with E-state index in [0.717, 1.165) is 17.3 Å². The van der Waals surface area contributed by atoms with Crippen LogP contribution in [-0.4, -0.2) is 6.21 Å². The molecule has 0 spiro atoms. The lowest BCUT2D eigenvalue weighted by Gasteiger charge is -2.12. The van der Waals surface area contributed by atoms with E-state index in [9.17, 15) is 13.2 Å². The largest absolute Gasteiger partial charge is 0.416 e. The Morgan fingerprint density at radius 3 is 2.43 bits per heavy atom. The molecule has 5 heteroatoms. The molecule has 0 atom stereocenters. The fourth-order valence-corrected chi connectivity index (χ4v) is 2.00. The smallest absolute Gasteiger partial charge is 0.344 e. The second kappa shape index (κ2) is 7.81. The van der Waals surface area contributed by atoms with Gasteiger partial charge in [0.2, 0.25) is 0 Å². The SMILES string of the molecule is C=C(C)N/C(N=CC)=C(C)/C=C/c1cccc(C(F)(F)F)c1C. The number of halogens is 3. The Labute approximate surface area is 135 Å². The van der Waals surface area contributed by atoms with Crippen molar-refractivity contribution < 1.29 is 13.2 Å². The van der Waals surface area contributed by atoms with Gasteiger partial charge in [0.1, 0.15) is 5.82 Å². The van der Waals surface area contributed by atoms with Crippen LogP contribution in [0.15, 0.2) is 52.9 Å². The molecule has 23 heavy (non-hydrogen) atoms. The zero-order valence-electron chi connectivity index (χ0n) is 13.8. The molecule has 0 saturated heterocycles. The van der Waals surface area contributed by atoms with Gasteiger partial charge in [-0.25, -0.2) is 4.99 Å². The summed E-state index contributed by atoms with van der Waals surface area (Å²) >= 11 is 0. The summed E-state index contributed by atoms with van der Waals surface area (Å²) in [6, 6.07) is 4.15. The summed E-state index contributed by atoms with van der Waals surface area (Å²) in [5, 5.41) is 3.02. The first-order chi connectivity index (χ1) is 10.7. The van der Waals surface area contributed by atoms with Crippen molar-refractivity contribution in [1.29, 1.82) is 0 Å². The Kier molecular flexibility index (Phi) is 6.37. The van der Waals surface area contributed by atoms with Crippen LogP contribution in [0, 0.1) is 6.92 Å². The number of rotatable bonds is 5. The highest BCUT2D eigenvalue weighted by atomic mass is 19.4. The minimum Gasteiger partial charge on any atom is -0.344 e. The number of nitrogens with zero attached hydrogens (tertiary/aromatic N) is 1. The van der Waals surface area contributed by atoms with E-state index in [1.54, 1.807) is 38.3 Å². The van der Waals surface area contributed by atoms with Gasteiger partial charge in [-0.15, -0.1) is 0 Å². The predicted molar refractivity (Wildman–Crippen MR) is 90.0 cm³/mol. The highest BCUT2D eigenvalue weighted by Crippen LogP contribution is 2.33. The van der Waals surface area contributed by atoms with Crippen molar-refractivity contribution in [1.82, 2.24) is 5.32 Å². The lowest BCUT2D eigenvalue weighted by Crippen LogP contribution is -2.09. The highest BCUT2D eigenvalue weighted by Gasteiger charge is 2.32. The Balaban J connectivity index is 3.20. The topological polar surface area (TPSA) is 24.4 Å². The van der Waals surface area contributed by atoms with Gasteiger partial charge in [-0.1, -0.05) is 30.9 Å². The highest BCUT2D eigenvalue weighted by molar-refractivity contribution is 5.60. The lowest BCUT2D eigenvalue weighted by atomic mass is 10.0. The molecule has 1 rings (SSSR count). The van der Waals surface area contributed by atoms with Crippen LogP contribution >= 0.6 is 0 Å². The first kappa shape index (κ1) is 18.7. The summed E-state index contributed by atoms with van der Waals surface area (Å²) in [5.74, 6) is 0.612. The number of hydrogen-bond acceptors (Lipinski definition) is 2. The molecule has 124 valence electrons. The molecule has 0 unspecified atom stereocenters. The molecule has 0 amide bonds. The molecule has 0 aromatic heterocycles. The van der Waals surface area contributed by atoms with Crippen molar-refractivity contribution in [3.63, 3.8) is 0 Å². The van der Waals surface area contributed by atoms with Gasteiger partial charge in [-0.2, -0.15) is 13.2 Å². The second-order valence-electron chi connectivity index (χ2n) is 5.18. The lowest BCUT2D eigenvalue weighted by molar-refractivity contribution is -0.138. The first-order valence-electron chi connectivity index (χ1n) is 7.13.